The maximum atomic E-state index is 5.49. The van der Waals surface area contributed by atoms with E-state index in [1.54, 1.807) is 13.4 Å². The van der Waals surface area contributed by atoms with E-state index in [9.17, 15) is 0 Å². The molecule has 86 valence electrons. The predicted octanol–water partition coefficient (Wildman–Crippen LogP) is -1.31. The molecule has 1 atom stereocenters. The van der Waals surface area contributed by atoms with Crippen molar-refractivity contribution in [2.45, 2.75) is 12.5 Å². The summed E-state index contributed by atoms with van der Waals surface area (Å²) in [5, 5.41) is 11.8. The molecule has 8 heteroatoms. The van der Waals surface area contributed by atoms with E-state index < -0.39 is 0 Å². The van der Waals surface area contributed by atoms with E-state index in [-0.39, 0.29) is 6.04 Å². The highest BCUT2D eigenvalue weighted by molar-refractivity contribution is 5.05. The van der Waals surface area contributed by atoms with Crippen LogP contribution in [0.3, 0.4) is 0 Å². The first-order valence-corrected chi connectivity index (χ1v) is 4.86. The van der Waals surface area contributed by atoms with Crippen molar-refractivity contribution in [3.05, 3.63) is 24.0 Å². The fraction of sp³-hybridized carbons (Fsp3) is 0.500. The first-order chi connectivity index (χ1) is 7.69. The number of hydrogen-bond acceptors (Lipinski definition) is 6. The van der Waals surface area contributed by atoms with Gasteiger partial charge in [0.25, 0.3) is 0 Å². The number of nitrogens with two attached hydrogens (primary N) is 1. The van der Waals surface area contributed by atoms with Gasteiger partial charge in [0.2, 0.25) is 0 Å². The molecule has 0 saturated carbocycles. The van der Waals surface area contributed by atoms with Crippen LogP contribution in [0.25, 0.3) is 0 Å². The zero-order chi connectivity index (χ0) is 11.5. The SMILES string of the molecule is Cn1cnc(C(Cc2nnn(C)n2)NN)c1. The van der Waals surface area contributed by atoms with Gasteiger partial charge in [0.15, 0.2) is 5.82 Å². The third-order valence-electron chi connectivity index (χ3n) is 2.22. The maximum Gasteiger partial charge on any atom is 0.176 e. The Kier molecular flexibility index (Phi) is 2.93. The van der Waals surface area contributed by atoms with Crippen LogP contribution in [0.4, 0.5) is 0 Å². The standard InChI is InChI=1S/C8H14N8/c1-15-4-7(10-5-15)6(11-9)3-8-12-14-16(2)13-8/h4-6,11H,3,9H2,1-2H3. The van der Waals surface area contributed by atoms with E-state index in [2.05, 4.69) is 25.8 Å². The molecule has 2 aromatic heterocycles. The summed E-state index contributed by atoms with van der Waals surface area (Å²) >= 11 is 0. The van der Waals surface area contributed by atoms with Crippen molar-refractivity contribution >= 4 is 0 Å². The second-order valence-electron chi connectivity index (χ2n) is 3.58. The molecular weight excluding hydrogens is 208 g/mol. The molecular formula is C8H14N8. The summed E-state index contributed by atoms with van der Waals surface area (Å²) in [6, 6.07) is -0.106. The molecule has 0 saturated heterocycles. The minimum atomic E-state index is -0.106. The molecule has 0 bridgehead atoms. The number of hydrazine groups is 1. The van der Waals surface area contributed by atoms with Crippen LogP contribution in [0.5, 0.6) is 0 Å². The summed E-state index contributed by atoms with van der Waals surface area (Å²) in [6.45, 7) is 0. The lowest BCUT2D eigenvalue weighted by atomic mass is 10.1. The Morgan fingerprint density at radius 3 is 2.81 bits per heavy atom. The number of aryl methyl sites for hydroxylation is 2. The van der Waals surface area contributed by atoms with Crippen LogP contribution in [0, 0.1) is 0 Å². The van der Waals surface area contributed by atoms with Crippen LogP contribution in [0.1, 0.15) is 17.6 Å². The Hall–Kier alpha value is -1.80. The summed E-state index contributed by atoms with van der Waals surface area (Å²) in [5.74, 6) is 6.12. The lowest BCUT2D eigenvalue weighted by Gasteiger charge is -2.10. The normalized spacial score (nSPS) is 12.9. The molecule has 0 aliphatic rings. The summed E-state index contributed by atoms with van der Waals surface area (Å²) < 4.78 is 1.86. The van der Waals surface area contributed by atoms with Gasteiger partial charge >= 0.3 is 0 Å². The first kappa shape index (κ1) is 10.7. The van der Waals surface area contributed by atoms with E-state index >= 15 is 0 Å². The highest BCUT2D eigenvalue weighted by atomic mass is 15.6. The van der Waals surface area contributed by atoms with Crippen LogP contribution >= 0.6 is 0 Å². The van der Waals surface area contributed by atoms with Crippen LogP contribution < -0.4 is 11.3 Å². The second kappa shape index (κ2) is 4.37. The lowest BCUT2D eigenvalue weighted by molar-refractivity contribution is 0.525. The van der Waals surface area contributed by atoms with Gasteiger partial charge in [-0.3, -0.25) is 11.3 Å². The molecule has 0 fully saturated rings. The van der Waals surface area contributed by atoms with Crippen molar-refractivity contribution in [2.75, 3.05) is 0 Å². The van der Waals surface area contributed by atoms with Crippen molar-refractivity contribution in [2.24, 2.45) is 19.9 Å². The fourth-order valence-corrected chi connectivity index (χ4v) is 1.45. The molecule has 8 nitrogen and oxygen atoms in total. The zero-order valence-corrected chi connectivity index (χ0v) is 9.20. The number of nitrogens with one attached hydrogen (secondary N) is 1. The van der Waals surface area contributed by atoms with Crippen molar-refractivity contribution in [1.29, 1.82) is 0 Å². The largest absolute Gasteiger partial charge is 0.340 e. The Morgan fingerprint density at radius 2 is 2.31 bits per heavy atom. The highest BCUT2D eigenvalue weighted by Gasteiger charge is 2.15. The molecule has 1 unspecified atom stereocenters. The Bertz CT molecular complexity index is 458. The van der Waals surface area contributed by atoms with Crippen molar-refractivity contribution in [3.8, 4) is 0 Å². The minimum absolute atomic E-state index is 0.106. The molecule has 3 N–H and O–H groups in total. The summed E-state index contributed by atoms with van der Waals surface area (Å²) in [5.41, 5.74) is 3.56. The van der Waals surface area contributed by atoms with Gasteiger partial charge in [-0.1, -0.05) is 0 Å². The summed E-state index contributed by atoms with van der Waals surface area (Å²) in [6.07, 6.45) is 4.19. The Labute approximate surface area is 92.4 Å². The van der Waals surface area contributed by atoms with Gasteiger partial charge in [0.1, 0.15) is 0 Å². The number of imidazole rings is 1. The molecule has 2 rings (SSSR count). The van der Waals surface area contributed by atoms with Gasteiger partial charge < -0.3 is 4.57 Å². The van der Waals surface area contributed by atoms with Gasteiger partial charge in [-0.15, -0.1) is 10.2 Å². The Morgan fingerprint density at radius 1 is 1.50 bits per heavy atom. The molecule has 2 aromatic rings. The number of nitrogens with zero attached hydrogens (tertiary/aromatic N) is 6. The third kappa shape index (κ3) is 2.23. The molecule has 0 aliphatic carbocycles. The summed E-state index contributed by atoms with van der Waals surface area (Å²) in [4.78, 5) is 5.65. The molecule has 2 heterocycles. The lowest BCUT2D eigenvalue weighted by Crippen LogP contribution is -2.30. The highest BCUT2D eigenvalue weighted by Crippen LogP contribution is 2.12. The van der Waals surface area contributed by atoms with Gasteiger partial charge in [-0.25, -0.2) is 4.98 Å². The van der Waals surface area contributed by atoms with Crippen molar-refractivity contribution in [1.82, 2.24) is 35.2 Å². The minimum Gasteiger partial charge on any atom is -0.340 e. The fourth-order valence-electron chi connectivity index (χ4n) is 1.45. The van der Waals surface area contributed by atoms with E-state index in [0.717, 1.165) is 5.69 Å². The second-order valence-corrected chi connectivity index (χ2v) is 3.58. The van der Waals surface area contributed by atoms with Crippen LogP contribution in [0.2, 0.25) is 0 Å². The number of aromatic nitrogens is 6. The first-order valence-electron chi connectivity index (χ1n) is 4.86. The van der Waals surface area contributed by atoms with E-state index in [4.69, 9.17) is 5.84 Å². The van der Waals surface area contributed by atoms with Gasteiger partial charge in [-0.2, -0.15) is 4.80 Å². The van der Waals surface area contributed by atoms with Gasteiger partial charge in [0.05, 0.1) is 25.1 Å². The molecule has 0 amide bonds. The topological polar surface area (TPSA) is 99.5 Å². The third-order valence-corrected chi connectivity index (χ3v) is 2.22. The van der Waals surface area contributed by atoms with Crippen LogP contribution in [0.15, 0.2) is 12.5 Å². The quantitative estimate of drug-likeness (QED) is 0.492. The average molecular weight is 222 g/mol. The van der Waals surface area contributed by atoms with Crippen molar-refractivity contribution in [3.63, 3.8) is 0 Å². The monoisotopic (exact) mass is 222 g/mol. The van der Waals surface area contributed by atoms with Gasteiger partial charge in [-0.05, 0) is 5.21 Å². The molecule has 16 heavy (non-hydrogen) atoms. The van der Waals surface area contributed by atoms with Crippen LogP contribution in [-0.4, -0.2) is 29.8 Å². The zero-order valence-electron chi connectivity index (χ0n) is 9.20. The van der Waals surface area contributed by atoms with E-state index in [1.807, 2.05) is 17.8 Å². The Balaban J connectivity index is 2.12. The predicted molar refractivity (Wildman–Crippen MR) is 55.8 cm³/mol. The van der Waals surface area contributed by atoms with Crippen LogP contribution in [-0.2, 0) is 20.5 Å². The maximum absolute atomic E-state index is 5.49. The van der Waals surface area contributed by atoms with Crippen molar-refractivity contribution < 1.29 is 0 Å². The molecule has 0 aliphatic heterocycles. The number of rotatable bonds is 4. The number of tetrazole rings is 1. The molecule has 0 spiro atoms. The molecule has 0 radical (unpaired) electrons. The van der Waals surface area contributed by atoms with Gasteiger partial charge in [0, 0.05) is 19.7 Å². The summed E-state index contributed by atoms with van der Waals surface area (Å²) in [7, 11) is 3.63. The van der Waals surface area contributed by atoms with E-state index in [1.165, 1.54) is 4.80 Å². The number of hydrogen-bond donors (Lipinski definition) is 2. The average Bonchev–Trinajstić information content (AvgIpc) is 2.84. The van der Waals surface area contributed by atoms with E-state index in [0.29, 0.717) is 12.2 Å². The smallest absolute Gasteiger partial charge is 0.176 e. The molecule has 0 aromatic carbocycles.